The first kappa shape index (κ1) is 12.8. The van der Waals surface area contributed by atoms with Gasteiger partial charge in [-0.1, -0.05) is 13.3 Å². The van der Waals surface area contributed by atoms with Crippen molar-refractivity contribution < 1.29 is 9.47 Å². The van der Waals surface area contributed by atoms with E-state index in [1.807, 2.05) is 6.92 Å². The molecule has 1 aliphatic carbocycles. The molecule has 18 heavy (non-hydrogen) atoms. The minimum absolute atomic E-state index is 0.147. The fourth-order valence-corrected chi connectivity index (χ4v) is 3.41. The first-order valence-electron chi connectivity index (χ1n) is 5.85. The lowest BCUT2D eigenvalue weighted by Gasteiger charge is -2.29. The molecule has 1 aliphatic heterocycles. The van der Waals surface area contributed by atoms with E-state index in [4.69, 9.17) is 15.2 Å². The van der Waals surface area contributed by atoms with Gasteiger partial charge in [-0.3, -0.25) is 0 Å². The Morgan fingerprint density at radius 1 is 1.33 bits per heavy atom. The fourth-order valence-electron chi connectivity index (χ4n) is 3.41. The van der Waals surface area contributed by atoms with Crippen LogP contribution in [0.3, 0.4) is 0 Å². The van der Waals surface area contributed by atoms with E-state index < -0.39 is 16.7 Å². The van der Waals surface area contributed by atoms with Gasteiger partial charge in [0.05, 0.1) is 12.1 Å². The molecule has 1 fully saturated rings. The zero-order chi connectivity index (χ0) is 13.6. The molecule has 96 valence electrons. The van der Waals surface area contributed by atoms with Gasteiger partial charge in [-0.2, -0.15) is 10.5 Å². The fraction of sp³-hybridized carbons (Fsp3) is 0.750. The maximum absolute atomic E-state index is 9.59. The van der Waals surface area contributed by atoms with Crippen molar-refractivity contribution in [1.29, 1.82) is 10.5 Å². The van der Waals surface area contributed by atoms with Crippen molar-refractivity contribution in [2.75, 3.05) is 14.2 Å². The van der Waals surface area contributed by atoms with Crippen molar-refractivity contribution in [1.82, 2.24) is 0 Å². The topological polar surface area (TPSA) is 104 Å². The molecule has 0 spiro atoms. The van der Waals surface area contributed by atoms with E-state index in [1.54, 1.807) is 0 Å². The molecule has 0 amide bonds. The van der Waals surface area contributed by atoms with E-state index in [0.29, 0.717) is 6.42 Å². The molecular formula is C12H16N4O2. The van der Waals surface area contributed by atoms with Crippen LogP contribution >= 0.6 is 0 Å². The van der Waals surface area contributed by atoms with Crippen LogP contribution in [0.4, 0.5) is 0 Å². The summed E-state index contributed by atoms with van der Waals surface area (Å²) in [6.45, 7) is 2.00. The summed E-state index contributed by atoms with van der Waals surface area (Å²) in [4.78, 5) is 4.11. The van der Waals surface area contributed by atoms with Crippen LogP contribution in [0.5, 0.6) is 0 Å². The number of methoxy groups -OCH3 is 2. The third-order valence-corrected chi connectivity index (χ3v) is 4.24. The lowest BCUT2D eigenvalue weighted by atomic mass is 9.94. The molecule has 6 heteroatoms. The minimum Gasteiger partial charge on any atom is -0.386 e. The molecular weight excluding hydrogens is 232 g/mol. The second-order valence-electron chi connectivity index (χ2n) is 4.67. The van der Waals surface area contributed by atoms with Crippen LogP contribution in [0.2, 0.25) is 0 Å². The highest BCUT2D eigenvalue weighted by molar-refractivity contribution is 5.98. The number of amidine groups is 1. The minimum atomic E-state index is -1.46. The zero-order valence-corrected chi connectivity index (χ0v) is 10.7. The Labute approximate surface area is 106 Å². The SMILES string of the molecule is CCC[C@H]1[C@]2(C#N)C(N)=NC(OC)(OC)[C@]12C#N. The van der Waals surface area contributed by atoms with Crippen LogP contribution in [0.15, 0.2) is 4.99 Å². The summed E-state index contributed by atoms with van der Waals surface area (Å²) in [5.74, 6) is -1.50. The predicted octanol–water partition coefficient (Wildman–Crippen LogP) is 0.754. The number of fused-ring (bicyclic) bond motifs is 1. The highest BCUT2D eigenvalue weighted by Crippen LogP contribution is 2.78. The molecule has 0 saturated heterocycles. The highest BCUT2D eigenvalue weighted by Gasteiger charge is 2.92. The maximum atomic E-state index is 9.59. The van der Waals surface area contributed by atoms with Gasteiger partial charge in [0.1, 0.15) is 11.3 Å². The van der Waals surface area contributed by atoms with Crippen LogP contribution in [-0.2, 0) is 9.47 Å². The van der Waals surface area contributed by atoms with Gasteiger partial charge in [-0.05, 0) is 6.42 Å². The van der Waals surface area contributed by atoms with Crippen molar-refractivity contribution in [3.63, 3.8) is 0 Å². The van der Waals surface area contributed by atoms with Crippen LogP contribution in [0, 0.1) is 39.4 Å². The van der Waals surface area contributed by atoms with Gasteiger partial charge < -0.3 is 15.2 Å². The quantitative estimate of drug-likeness (QED) is 0.739. The van der Waals surface area contributed by atoms with Crippen molar-refractivity contribution in [3.05, 3.63) is 0 Å². The summed E-state index contributed by atoms with van der Waals surface area (Å²) in [6.07, 6.45) is 1.57. The van der Waals surface area contributed by atoms with E-state index in [1.165, 1.54) is 14.2 Å². The largest absolute Gasteiger partial charge is 0.386 e. The van der Waals surface area contributed by atoms with E-state index in [9.17, 15) is 10.5 Å². The lowest BCUT2D eigenvalue weighted by Crippen LogP contribution is -2.41. The molecule has 0 aromatic heterocycles. The summed E-state index contributed by atoms with van der Waals surface area (Å²) in [5, 5.41) is 19.1. The Morgan fingerprint density at radius 3 is 2.33 bits per heavy atom. The standard InChI is InChI=1S/C12H16N4O2/c1-4-5-8-10(6-13)9(15)16-12(17-2,18-3)11(8,10)7-14/h8H,4-5H2,1-3H3,(H2,15,16)/t8-,10+,11+/m0/s1. The summed E-state index contributed by atoms with van der Waals surface area (Å²) in [5.41, 5.74) is 3.70. The normalized spacial score (nSPS) is 39.4. The Balaban J connectivity index is 2.61. The molecule has 6 nitrogen and oxygen atoms in total. The molecule has 0 aromatic rings. The Morgan fingerprint density at radius 2 is 1.94 bits per heavy atom. The van der Waals surface area contributed by atoms with Crippen LogP contribution < -0.4 is 5.73 Å². The second-order valence-corrected chi connectivity index (χ2v) is 4.67. The average Bonchev–Trinajstić information content (AvgIpc) is 2.92. The Kier molecular flexibility index (Phi) is 2.62. The Hall–Kier alpha value is -1.63. The number of ether oxygens (including phenoxy) is 2. The highest BCUT2D eigenvalue weighted by atomic mass is 16.7. The van der Waals surface area contributed by atoms with Gasteiger partial charge in [0.15, 0.2) is 5.41 Å². The Bertz CT molecular complexity index is 485. The van der Waals surface area contributed by atoms with Gasteiger partial charge in [0.25, 0.3) is 5.91 Å². The number of nitrogens with zero attached hydrogens (tertiary/aromatic N) is 3. The molecule has 1 heterocycles. The summed E-state index contributed by atoms with van der Waals surface area (Å²) in [7, 11) is 2.82. The number of rotatable bonds is 4. The monoisotopic (exact) mass is 248 g/mol. The van der Waals surface area contributed by atoms with E-state index in [-0.39, 0.29) is 11.8 Å². The number of hydrogen-bond acceptors (Lipinski definition) is 6. The third kappa shape index (κ3) is 0.937. The molecule has 0 unspecified atom stereocenters. The van der Waals surface area contributed by atoms with E-state index in [2.05, 4.69) is 17.1 Å². The molecule has 0 radical (unpaired) electrons. The molecule has 1 saturated carbocycles. The molecule has 2 aliphatic rings. The molecule has 2 N–H and O–H groups in total. The van der Waals surface area contributed by atoms with Crippen molar-refractivity contribution in [2.45, 2.75) is 25.7 Å². The number of aliphatic imine (C=N–C) groups is 1. The van der Waals surface area contributed by atoms with Crippen molar-refractivity contribution in [3.8, 4) is 12.1 Å². The van der Waals surface area contributed by atoms with Crippen LogP contribution in [0.1, 0.15) is 19.8 Å². The molecule has 3 atom stereocenters. The summed E-state index contributed by atoms with van der Waals surface area (Å²) < 4.78 is 10.6. The van der Waals surface area contributed by atoms with Gasteiger partial charge in [-0.15, -0.1) is 0 Å². The third-order valence-electron chi connectivity index (χ3n) is 4.24. The predicted molar refractivity (Wildman–Crippen MR) is 62.9 cm³/mol. The van der Waals surface area contributed by atoms with Crippen LogP contribution in [-0.4, -0.2) is 26.0 Å². The number of nitrogens with two attached hydrogens (primary N) is 1. The van der Waals surface area contributed by atoms with Gasteiger partial charge in [0, 0.05) is 20.1 Å². The van der Waals surface area contributed by atoms with Crippen molar-refractivity contribution in [2.24, 2.45) is 27.5 Å². The molecule has 0 bridgehead atoms. The lowest BCUT2D eigenvalue weighted by molar-refractivity contribution is -0.232. The smallest absolute Gasteiger partial charge is 0.292 e. The second kappa shape index (κ2) is 3.68. The van der Waals surface area contributed by atoms with Gasteiger partial charge in [-0.25, -0.2) is 4.99 Å². The van der Waals surface area contributed by atoms with E-state index in [0.717, 1.165) is 6.42 Å². The van der Waals surface area contributed by atoms with Crippen molar-refractivity contribution >= 4 is 5.84 Å². The average molecular weight is 248 g/mol. The van der Waals surface area contributed by atoms with E-state index >= 15 is 0 Å². The van der Waals surface area contributed by atoms with Crippen LogP contribution in [0.25, 0.3) is 0 Å². The maximum Gasteiger partial charge on any atom is 0.292 e. The molecule has 2 rings (SSSR count). The summed E-state index contributed by atoms with van der Waals surface area (Å²) >= 11 is 0. The zero-order valence-electron chi connectivity index (χ0n) is 10.7. The van der Waals surface area contributed by atoms with Gasteiger partial charge >= 0.3 is 0 Å². The molecule has 0 aromatic carbocycles. The number of nitriles is 2. The van der Waals surface area contributed by atoms with Gasteiger partial charge in [0.2, 0.25) is 0 Å². The number of hydrogen-bond donors (Lipinski definition) is 1. The first-order valence-corrected chi connectivity index (χ1v) is 5.85. The first-order chi connectivity index (χ1) is 8.56. The summed E-state index contributed by atoms with van der Waals surface area (Å²) in [6, 6.07) is 4.37.